The SMILES string of the molecule is O=c1[nH]c(CCCCC2CCC2)cn1-c1ccc(NS(=O)(=O)c2ccc3c(c2)CCC(CNCC(O)c2cccnc2)O3)cc1. The van der Waals surface area contributed by atoms with E-state index in [4.69, 9.17) is 4.74 Å². The lowest BCUT2D eigenvalue weighted by Crippen LogP contribution is -2.36. The first-order valence-corrected chi connectivity index (χ1v) is 17.3. The van der Waals surface area contributed by atoms with E-state index in [1.807, 2.05) is 12.3 Å². The Labute approximate surface area is 263 Å². The molecule has 4 N–H and O–H groups in total. The Kier molecular flexibility index (Phi) is 9.67. The molecule has 0 saturated heterocycles. The third-order valence-electron chi connectivity index (χ3n) is 8.85. The topological polar surface area (TPSA) is 138 Å². The summed E-state index contributed by atoms with van der Waals surface area (Å²) in [4.78, 5) is 19.7. The molecule has 1 aliphatic carbocycles. The Morgan fingerprint density at radius 1 is 1.09 bits per heavy atom. The lowest BCUT2D eigenvalue weighted by atomic mass is 9.82. The van der Waals surface area contributed by atoms with E-state index in [9.17, 15) is 18.3 Å². The highest BCUT2D eigenvalue weighted by Gasteiger charge is 2.23. The highest BCUT2D eigenvalue weighted by molar-refractivity contribution is 7.92. The molecule has 11 heteroatoms. The van der Waals surface area contributed by atoms with Gasteiger partial charge in [-0.2, -0.15) is 0 Å². The Hall–Kier alpha value is -3.93. The van der Waals surface area contributed by atoms with Gasteiger partial charge in [0.15, 0.2) is 0 Å². The van der Waals surface area contributed by atoms with Crippen molar-refractivity contribution in [3.63, 3.8) is 0 Å². The van der Waals surface area contributed by atoms with Crippen molar-refractivity contribution < 1.29 is 18.3 Å². The highest BCUT2D eigenvalue weighted by atomic mass is 32.2. The zero-order chi connectivity index (χ0) is 31.2. The lowest BCUT2D eigenvalue weighted by Gasteiger charge is -2.27. The minimum absolute atomic E-state index is 0.0849. The number of ether oxygens (including phenoxy) is 1. The van der Waals surface area contributed by atoms with Gasteiger partial charge in [0.05, 0.1) is 16.7 Å². The zero-order valence-corrected chi connectivity index (χ0v) is 26.1. The first kappa shape index (κ1) is 31.1. The van der Waals surface area contributed by atoms with E-state index in [1.165, 1.54) is 32.1 Å². The van der Waals surface area contributed by atoms with Crippen LogP contribution in [0.25, 0.3) is 5.69 Å². The van der Waals surface area contributed by atoms with Crippen LogP contribution in [0.5, 0.6) is 5.75 Å². The molecule has 0 amide bonds. The van der Waals surface area contributed by atoms with Gasteiger partial charge in [-0.1, -0.05) is 38.2 Å². The normalized spacial score (nSPS) is 17.2. The fourth-order valence-corrected chi connectivity index (χ4v) is 7.11. The number of fused-ring (bicyclic) bond motifs is 1. The predicted molar refractivity (Wildman–Crippen MR) is 173 cm³/mol. The zero-order valence-electron chi connectivity index (χ0n) is 25.3. The molecule has 10 nitrogen and oxygen atoms in total. The van der Waals surface area contributed by atoms with E-state index in [-0.39, 0.29) is 16.7 Å². The molecule has 1 fully saturated rings. The second-order valence-electron chi connectivity index (χ2n) is 12.2. The summed E-state index contributed by atoms with van der Waals surface area (Å²) >= 11 is 0. The minimum Gasteiger partial charge on any atom is -0.489 e. The molecular weight excluding hydrogens is 590 g/mol. The fraction of sp³-hybridized carbons (Fsp3) is 0.412. The number of imidazole rings is 1. The summed E-state index contributed by atoms with van der Waals surface area (Å²) in [6.07, 6.45) is 14.3. The summed E-state index contributed by atoms with van der Waals surface area (Å²) in [6.45, 7) is 0.941. The molecule has 1 saturated carbocycles. The van der Waals surface area contributed by atoms with Crippen molar-refractivity contribution in [2.45, 2.75) is 74.9 Å². The van der Waals surface area contributed by atoms with Gasteiger partial charge < -0.3 is 20.1 Å². The van der Waals surface area contributed by atoms with Crippen LogP contribution in [0.15, 0.2) is 82.9 Å². The maximum atomic E-state index is 13.2. The molecule has 1 aliphatic heterocycles. The molecule has 0 bridgehead atoms. The standard InChI is InChI=1S/C34H41N5O5S/c40-32(26-8-4-18-35-20-26)22-36-21-30-15-10-25-19-31(16-17-33(25)44-30)45(42,43)38-27-11-13-29(14-12-27)39-23-28(37-34(39)41)9-2-1-5-24-6-3-7-24/h4,8,11-14,16-20,23-24,30,32,36,38,40H,1-3,5-7,9-10,15,21-22H2,(H,37,41). The monoisotopic (exact) mass is 631 g/mol. The molecule has 3 heterocycles. The van der Waals surface area contributed by atoms with E-state index in [0.29, 0.717) is 36.6 Å². The van der Waals surface area contributed by atoms with Crippen LogP contribution in [-0.4, -0.2) is 47.3 Å². The average molecular weight is 632 g/mol. The number of aromatic nitrogens is 3. The summed E-state index contributed by atoms with van der Waals surface area (Å²) in [5.74, 6) is 1.57. The largest absolute Gasteiger partial charge is 0.489 e. The Morgan fingerprint density at radius 3 is 2.69 bits per heavy atom. The first-order chi connectivity index (χ1) is 21.8. The van der Waals surface area contributed by atoms with E-state index >= 15 is 0 Å². The van der Waals surface area contributed by atoms with Crippen LogP contribution < -0.4 is 20.5 Å². The Balaban J connectivity index is 1.01. The van der Waals surface area contributed by atoms with Crippen LogP contribution in [0.4, 0.5) is 5.69 Å². The number of benzene rings is 2. The van der Waals surface area contributed by atoms with Crippen LogP contribution in [0.3, 0.4) is 0 Å². The maximum absolute atomic E-state index is 13.2. The molecule has 238 valence electrons. The number of pyridine rings is 1. The van der Waals surface area contributed by atoms with Crippen molar-refractivity contribution in [1.82, 2.24) is 19.9 Å². The summed E-state index contributed by atoms with van der Waals surface area (Å²) < 4.78 is 36.8. The summed E-state index contributed by atoms with van der Waals surface area (Å²) in [7, 11) is -3.83. The fourth-order valence-electron chi connectivity index (χ4n) is 6.00. The summed E-state index contributed by atoms with van der Waals surface area (Å²) in [6, 6.07) is 15.3. The second-order valence-corrected chi connectivity index (χ2v) is 13.8. The number of aromatic amines is 1. The highest BCUT2D eigenvalue weighted by Crippen LogP contribution is 2.32. The molecule has 0 spiro atoms. The third-order valence-corrected chi connectivity index (χ3v) is 10.2. The molecule has 6 rings (SSSR count). The molecule has 2 atom stereocenters. The van der Waals surface area contributed by atoms with E-state index in [2.05, 4.69) is 20.0 Å². The van der Waals surface area contributed by atoms with Gasteiger partial charge in [0.1, 0.15) is 11.9 Å². The Bertz CT molecular complexity index is 1730. The van der Waals surface area contributed by atoms with Crippen molar-refractivity contribution in [3.05, 3.63) is 100 Å². The van der Waals surface area contributed by atoms with Gasteiger partial charge in [-0.25, -0.2) is 13.2 Å². The van der Waals surface area contributed by atoms with Gasteiger partial charge in [-0.05, 0) is 85.7 Å². The van der Waals surface area contributed by atoms with E-state index < -0.39 is 16.1 Å². The number of hydrogen-bond donors (Lipinski definition) is 4. The maximum Gasteiger partial charge on any atom is 0.330 e. The van der Waals surface area contributed by atoms with Gasteiger partial charge in [0, 0.05) is 48.6 Å². The number of unbranched alkanes of at least 4 members (excludes halogenated alkanes) is 1. The quantitative estimate of drug-likeness (QED) is 0.145. The Morgan fingerprint density at radius 2 is 1.93 bits per heavy atom. The molecule has 2 aromatic heterocycles. The van der Waals surface area contributed by atoms with E-state index in [1.54, 1.807) is 65.5 Å². The third kappa shape index (κ3) is 7.84. The van der Waals surface area contributed by atoms with Crippen LogP contribution in [-0.2, 0) is 22.9 Å². The number of nitrogens with one attached hydrogen (secondary N) is 3. The summed E-state index contributed by atoms with van der Waals surface area (Å²) in [5.41, 5.74) is 3.38. The van der Waals surface area contributed by atoms with Crippen LogP contribution >= 0.6 is 0 Å². The second kappa shape index (κ2) is 14.0. The number of aliphatic hydroxyl groups is 1. The minimum atomic E-state index is -3.83. The summed E-state index contributed by atoms with van der Waals surface area (Å²) in [5, 5.41) is 13.6. The average Bonchev–Trinajstić information content (AvgIpc) is 3.40. The van der Waals surface area contributed by atoms with Crippen molar-refractivity contribution in [2.24, 2.45) is 5.92 Å². The number of sulfonamides is 1. The van der Waals surface area contributed by atoms with Crippen LogP contribution in [0.2, 0.25) is 0 Å². The number of nitrogens with zero attached hydrogens (tertiary/aromatic N) is 2. The molecule has 4 aromatic rings. The van der Waals surface area contributed by atoms with Crippen molar-refractivity contribution in [1.29, 1.82) is 0 Å². The van der Waals surface area contributed by atoms with Gasteiger partial charge in [-0.3, -0.25) is 14.3 Å². The van der Waals surface area contributed by atoms with Gasteiger partial charge in [-0.15, -0.1) is 0 Å². The molecule has 45 heavy (non-hydrogen) atoms. The number of H-pyrrole nitrogens is 1. The number of anilines is 1. The molecule has 0 radical (unpaired) electrons. The number of rotatable bonds is 14. The van der Waals surface area contributed by atoms with E-state index in [0.717, 1.165) is 42.0 Å². The lowest BCUT2D eigenvalue weighted by molar-refractivity contribution is 0.146. The van der Waals surface area contributed by atoms with Gasteiger partial charge in [0.25, 0.3) is 10.0 Å². The van der Waals surface area contributed by atoms with Crippen LogP contribution in [0.1, 0.15) is 67.9 Å². The van der Waals surface area contributed by atoms with Crippen molar-refractivity contribution in [2.75, 3.05) is 17.8 Å². The number of aliphatic hydroxyl groups excluding tert-OH is 1. The molecular formula is C34H41N5O5S. The van der Waals surface area contributed by atoms with Gasteiger partial charge >= 0.3 is 5.69 Å². The van der Waals surface area contributed by atoms with Crippen molar-refractivity contribution >= 4 is 15.7 Å². The van der Waals surface area contributed by atoms with Gasteiger partial charge in [0.2, 0.25) is 0 Å². The number of aryl methyl sites for hydroxylation is 2. The number of hydrogen-bond acceptors (Lipinski definition) is 7. The molecule has 2 aliphatic rings. The van der Waals surface area contributed by atoms with Crippen molar-refractivity contribution in [3.8, 4) is 11.4 Å². The smallest absolute Gasteiger partial charge is 0.330 e. The first-order valence-electron chi connectivity index (χ1n) is 15.9. The van der Waals surface area contributed by atoms with Crippen LogP contribution in [0, 0.1) is 5.92 Å². The predicted octanol–water partition coefficient (Wildman–Crippen LogP) is 4.89. The molecule has 2 aromatic carbocycles. The molecule has 2 unspecified atom stereocenters.